The van der Waals surface area contributed by atoms with Crippen molar-refractivity contribution in [3.63, 3.8) is 0 Å². The van der Waals surface area contributed by atoms with Gasteiger partial charge in [-0.15, -0.1) is 0 Å². The van der Waals surface area contributed by atoms with Crippen LogP contribution in [0.1, 0.15) is 20.7 Å². The number of amides is 2. The summed E-state index contributed by atoms with van der Waals surface area (Å²) < 4.78 is 20.6. The van der Waals surface area contributed by atoms with E-state index in [0.717, 1.165) is 0 Å². The Balaban J connectivity index is 1.69. The Bertz CT molecular complexity index is 821. The van der Waals surface area contributed by atoms with Crippen molar-refractivity contribution in [1.82, 2.24) is 10.9 Å². The second kappa shape index (κ2) is 7.00. The second-order valence-corrected chi connectivity index (χ2v) is 5.04. The summed E-state index contributed by atoms with van der Waals surface area (Å²) in [6, 6.07) is 9.52. The first-order chi connectivity index (χ1) is 12.1. The predicted octanol–water partition coefficient (Wildman–Crippen LogP) is 1.51. The molecule has 0 bridgehead atoms. The standard InChI is InChI=1S/C17H16N2O6/c1-22-11-4-6-13(23-2)12(8-11)17(21)19-18-16(20)10-3-5-14-15(7-10)25-9-24-14/h3-8H,9H2,1-2H3,(H,18,20)(H,19,21). The minimum atomic E-state index is -0.537. The Morgan fingerprint density at radius 2 is 1.68 bits per heavy atom. The van der Waals surface area contributed by atoms with Crippen LogP contribution in [0.4, 0.5) is 0 Å². The van der Waals surface area contributed by atoms with E-state index in [4.69, 9.17) is 18.9 Å². The largest absolute Gasteiger partial charge is 0.497 e. The number of hydrazine groups is 1. The number of benzene rings is 2. The van der Waals surface area contributed by atoms with E-state index < -0.39 is 11.8 Å². The number of nitrogens with one attached hydrogen (secondary N) is 2. The zero-order valence-electron chi connectivity index (χ0n) is 13.6. The van der Waals surface area contributed by atoms with Crippen LogP contribution in [0, 0.1) is 0 Å². The topological polar surface area (TPSA) is 95.1 Å². The molecule has 130 valence electrons. The summed E-state index contributed by atoms with van der Waals surface area (Å²) in [6.07, 6.45) is 0. The predicted molar refractivity (Wildman–Crippen MR) is 87.0 cm³/mol. The SMILES string of the molecule is COc1ccc(OC)c(C(=O)NNC(=O)c2ccc3c(c2)OCO3)c1. The van der Waals surface area contributed by atoms with Gasteiger partial charge in [0.05, 0.1) is 19.8 Å². The molecule has 2 aromatic carbocycles. The number of ether oxygens (including phenoxy) is 4. The van der Waals surface area contributed by atoms with E-state index in [9.17, 15) is 9.59 Å². The molecule has 0 radical (unpaired) electrons. The molecule has 0 aliphatic carbocycles. The van der Waals surface area contributed by atoms with Crippen LogP contribution in [-0.2, 0) is 0 Å². The van der Waals surface area contributed by atoms with Crippen LogP contribution >= 0.6 is 0 Å². The highest BCUT2D eigenvalue weighted by molar-refractivity contribution is 6.01. The summed E-state index contributed by atoms with van der Waals surface area (Å²) in [4.78, 5) is 24.5. The van der Waals surface area contributed by atoms with E-state index in [1.165, 1.54) is 26.4 Å². The molecule has 2 amide bonds. The zero-order valence-corrected chi connectivity index (χ0v) is 13.6. The molecule has 3 rings (SSSR count). The van der Waals surface area contributed by atoms with Gasteiger partial charge < -0.3 is 18.9 Å². The quantitative estimate of drug-likeness (QED) is 0.817. The van der Waals surface area contributed by atoms with Gasteiger partial charge in [-0.1, -0.05) is 0 Å². The van der Waals surface area contributed by atoms with Gasteiger partial charge >= 0.3 is 0 Å². The molecule has 0 unspecified atom stereocenters. The molecule has 1 aliphatic rings. The van der Waals surface area contributed by atoms with Gasteiger partial charge in [0, 0.05) is 5.56 Å². The Kier molecular flexibility index (Phi) is 4.60. The molecule has 1 aliphatic heterocycles. The fourth-order valence-corrected chi connectivity index (χ4v) is 2.28. The van der Waals surface area contributed by atoms with E-state index >= 15 is 0 Å². The third kappa shape index (κ3) is 3.42. The number of fused-ring (bicyclic) bond motifs is 1. The van der Waals surface area contributed by atoms with Crippen molar-refractivity contribution in [2.24, 2.45) is 0 Å². The molecule has 0 saturated heterocycles. The first-order valence-corrected chi connectivity index (χ1v) is 7.34. The van der Waals surface area contributed by atoms with Crippen LogP contribution in [0.2, 0.25) is 0 Å². The van der Waals surface area contributed by atoms with E-state index in [1.807, 2.05) is 0 Å². The highest BCUT2D eigenvalue weighted by Crippen LogP contribution is 2.32. The Morgan fingerprint density at radius 1 is 0.920 bits per heavy atom. The Hall–Kier alpha value is -3.42. The average molecular weight is 344 g/mol. The van der Waals surface area contributed by atoms with Crippen LogP contribution in [0.5, 0.6) is 23.0 Å². The smallest absolute Gasteiger partial charge is 0.273 e. The second-order valence-electron chi connectivity index (χ2n) is 5.04. The number of carbonyl (C=O) groups excluding carboxylic acids is 2. The van der Waals surface area contributed by atoms with Gasteiger partial charge in [0.1, 0.15) is 11.5 Å². The normalized spacial score (nSPS) is 11.6. The summed E-state index contributed by atoms with van der Waals surface area (Å²) in [6.45, 7) is 0.118. The first kappa shape index (κ1) is 16.4. The molecule has 0 saturated carbocycles. The lowest BCUT2D eigenvalue weighted by molar-refractivity contribution is 0.0844. The van der Waals surface area contributed by atoms with E-state index in [-0.39, 0.29) is 12.4 Å². The molecular weight excluding hydrogens is 328 g/mol. The molecule has 2 aromatic rings. The molecule has 0 atom stereocenters. The third-order valence-corrected chi connectivity index (χ3v) is 3.58. The zero-order chi connectivity index (χ0) is 17.8. The third-order valence-electron chi connectivity index (χ3n) is 3.58. The number of hydrogen-bond donors (Lipinski definition) is 2. The van der Waals surface area contributed by atoms with Gasteiger partial charge in [-0.2, -0.15) is 0 Å². The molecule has 8 nitrogen and oxygen atoms in total. The van der Waals surface area contributed by atoms with Crippen LogP contribution in [0.15, 0.2) is 36.4 Å². The summed E-state index contributed by atoms with van der Waals surface area (Å²) >= 11 is 0. The van der Waals surface area contributed by atoms with Gasteiger partial charge in [0.2, 0.25) is 6.79 Å². The Labute approximate surface area is 143 Å². The minimum Gasteiger partial charge on any atom is -0.497 e. The van der Waals surface area contributed by atoms with Gasteiger partial charge in [0.25, 0.3) is 11.8 Å². The molecule has 0 aromatic heterocycles. The fraction of sp³-hybridized carbons (Fsp3) is 0.176. The number of hydrogen-bond acceptors (Lipinski definition) is 6. The lowest BCUT2D eigenvalue weighted by Crippen LogP contribution is -2.41. The van der Waals surface area contributed by atoms with Crippen molar-refractivity contribution in [2.75, 3.05) is 21.0 Å². The van der Waals surface area contributed by atoms with Crippen LogP contribution < -0.4 is 29.8 Å². The Morgan fingerprint density at radius 3 is 2.44 bits per heavy atom. The maximum atomic E-state index is 12.3. The van der Waals surface area contributed by atoms with Crippen LogP contribution in [0.3, 0.4) is 0 Å². The van der Waals surface area contributed by atoms with E-state index in [0.29, 0.717) is 28.6 Å². The summed E-state index contributed by atoms with van der Waals surface area (Å²) in [5.74, 6) is 0.872. The van der Waals surface area contributed by atoms with Crippen LogP contribution in [-0.4, -0.2) is 32.8 Å². The van der Waals surface area contributed by atoms with Crippen molar-refractivity contribution in [2.45, 2.75) is 0 Å². The number of rotatable bonds is 4. The maximum absolute atomic E-state index is 12.3. The molecule has 0 spiro atoms. The number of methoxy groups -OCH3 is 2. The maximum Gasteiger partial charge on any atom is 0.273 e. The van der Waals surface area contributed by atoms with E-state index in [1.54, 1.807) is 24.3 Å². The highest BCUT2D eigenvalue weighted by Gasteiger charge is 2.18. The van der Waals surface area contributed by atoms with Gasteiger partial charge in [-0.05, 0) is 36.4 Å². The lowest BCUT2D eigenvalue weighted by atomic mass is 10.1. The molecule has 25 heavy (non-hydrogen) atoms. The monoisotopic (exact) mass is 344 g/mol. The first-order valence-electron chi connectivity index (χ1n) is 7.34. The van der Waals surface area contributed by atoms with Gasteiger partial charge in [-0.3, -0.25) is 20.4 Å². The molecule has 8 heteroatoms. The molecular formula is C17H16N2O6. The molecule has 2 N–H and O–H groups in total. The summed E-state index contributed by atoms with van der Waals surface area (Å²) in [5, 5.41) is 0. The van der Waals surface area contributed by atoms with Crippen molar-refractivity contribution in [3.8, 4) is 23.0 Å². The fourth-order valence-electron chi connectivity index (χ4n) is 2.28. The van der Waals surface area contributed by atoms with Crippen molar-refractivity contribution in [3.05, 3.63) is 47.5 Å². The van der Waals surface area contributed by atoms with Crippen molar-refractivity contribution in [1.29, 1.82) is 0 Å². The van der Waals surface area contributed by atoms with Crippen LogP contribution in [0.25, 0.3) is 0 Å². The summed E-state index contributed by atoms with van der Waals surface area (Å²) in [7, 11) is 2.94. The molecule has 0 fully saturated rings. The van der Waals surface area contributed by atoms with E-state index in [2.05, 4.69) is 10.9 Å². The summed E-state index contributed by atoms with van der Waals surface area (Å²) in [5.41, 5.74) is 5.24. The highest BCUT2D eigenvalue weighted by atomic mass is 16.7. The van der Waals surface area contributed by atoms with Gasteiger partial charge in [-0.25, -0.2) is 0 Å². The number of carbonyl (C=O) groups is 2. The molecule has 1 heterocycles. The van der Waals surface area contributed by atoms with Gasteiger partial charge in [0.15, 0.2) is 11.5 Å². The minimum absolute atomic E-state index is 0.118. The van der Waals surface area contributed by atoms with Crippen molar-refractivity contribution >= 4 is 11.8 Å². The van der Waals surface area contributed by atoms with Crippen molar-refractivity contribution < 1.29 is 28.5 Å². The lowest BCUT2D eigenvalue weighted by Gasteiger charge is -2.11. The average Bonchev–Trinajstić information content (AvgIpc) is 3.12.